The van der Waals surface area contributed by atoms with Crippen molar-refractivity contribution in [1.29, 1.82) is 0 Å². The maximum atomic E-state index is 11.7. The number of benzene rings is 1. The molecule has 4 nitrogen and oxygen atoms in total. The monoisotopic (exact) mass is 310 g/mol. The topological polar surface area (TPSA) is 65.2 Å². The van der Waals surface area contributed by atoms with E-state index in [9.17, 15) is 4.79 Å². The molecule has 0 bridgehead atoms. The summed E-state index contributed by atoms with van der Waals surface area (Å²) in [6.45, 7) is 3.85. The highest BCUT2D eigenvalue weighted by Crippen LogP contribution is 2.30. The lowest BCUT2D eigenvalue weighted by Gasteiger charge is -2.21. The van der Waals surface area contributed by atoms with Gasteiger partial charge in [0.1, 0.15) is 5.54 Å². The van der Waals surface area contributed by atoms with Crippen molar-refractivity contribution in [2.24, 2.45) is 5.73 Å². The molecule has 0 saturated heterocycles. The summed E-state index contributed by atoms with van der Waals surface area (Å²) in [4.78, 5) is 16.2. The predicted molar refractivity (Wildman–Crippen MR) is 84.2 cm³/mol. The van der Waals surface area contributed by atoms with Crippen molar-refractivity contribution in [2.75, 3.05) is 12.4 Å². The van der Waals surface area contributed by atoms with Gasteiger partial charge in [0.25, 0.3) is 0 Å². The Morgan fingerprint density at radius 2 is 2.25 bits per heavy atom. The van der Waals surface area contributed by atoms with Gasteiger partial charge in [0.05, 0.1) is 16.8 Å². The minimum atomic E-state index is -0.931. The first-order valence-electron chi connectivity index (χ1n) is 6.47. The number of nitrogens with zero attached hydrogens (tertiary/aromatic N) is 1. The largest absolute Gasteiger partial charge is 0.465 e. The number of fused-ring (bicyclic) bond motifs is 1. The summed E-state index contributed by atoms with van der Waals surface area (Å²) in [5.41, 5.74) is 6.06. The molecule has 0 spiro atoms. The van der Waals surface area contributed by atoms with Crippen LogP contribution in [0.15, 0.2) is 28.6 Å². The van der Waals surface area contributed by atoms with Gasteiger partial charge in [0, 0.05) is 5.75 Å². The van der Waals surface area contributed by atoms with Crippen molar-refractivity contribution in [3.63, 3.8) is 0 Å². The number of thiazole rings is 1. The van der Waals surface area contributed by atoms with Gasteiger partial charge in [-0.05, 0) is 32.4 Å². The van der Waals surface area contributed by atoms with Crippen LogP contribution in [0.2, 0.25) is 0 Å². The second kappa shape index (κ2) is 6.56. The number of ether oxygens (including phenoxy) is 1. The summed E-state index contributed by atoms with van der Waals surface area (Å²) in [5, 5.41) is 0. The Morgan fingerprint density at radius 3 is 2.95 bits per heavy atom. The molecular weight excluding hydrogens is 292 g/mol. The molecule has 108 valence electrons. The van der Waals surface area contributed by atoms with E-state index in [1.165, 1.54) is 4.70 Å². The number of esters is 1. The maximum absolute atomic E-state index is 11.7. The second-order valence-electron chi connectivity index (χ2n) is 4.68. The first kappa shape index (κ1) is 15.3. The van der Waals surface area contributed by atoms with Crippen molar-refractivity contribution in [2.45, 2.75) is 30.1 Å². The second-order valence-corrected chi connectivity index (χ2v) is 7.06. The molecular formula is C14H18N2O2S2. The zero-order chi connectivity index (χ0) is 14.6. The van der Waals surface area contributed by atoms with Gasteiger partial charge in [0.2, 0.25) is 0 Å². The average Bonchev–Trinajstić information content (AvgIpc) is 2.81. The molecule has 0 aliphatic carbocycles. The normalized spacial score (nSPS) is 14.2. The number of rotatable bonds is 6. The van der Waals surface area contributed by atoms with E-state index in [0.717, 1.165) is 15.6 Å². The third-order valence-electron chi connectivity index (χ3n) is 2.86. The van der Waals surface area contributed by atoms with Crippen LogP contribution in [0.1, 0.15) is 20.3 Å². The lowest BCUT2D eigenvalue weighted by Crippen LogP contribution is -2.46. The van der Waals surface area contributed by atoms with Gasteiger partial charge < -0.3 is 10.5 Å². The molecule has 1 aromatic carbocycles. The number of thioether (sulfide) groups is 1. The molecule has 1 aromatic heterocycles. The molecule has 0 saturated carbocycles. The number of carbonyl (C=O) groups excluding carboxylic acids is 1. The Labute approximate surface area is 126 Å². The number of para-hydroxylation sites is 1. The van der Waals surface area contributed by atoms with E-state index in [1.54, 1.807) is 36.9 Å². The van der Waals surface area contributed by atoms with Crippen LogP contribution in [0.25, 0.3) is 10.2 Å². The molecule has 1 atom stereocenters. The van der Waals surface area contributed by atoms with E-state index in [-0.39, 0.29) is 5.97 Å². The van der Waals surface area contributed by atoms with Crippen molar-refractivity contribution in [3.05, 3.63) is 24.3 Å². The highest BCUT2D eigenvalue weighted by atomic mass is 32.2. The Hall–Kier alpha value is -1.11. The standard InChI is InChI=1S/C14H18N2O2S2/c1-3-18-12(17)14(2,15)8-9-19-13-16-10-6-4-5-7-11(10)20-13/h4-7H,3,8-9,15H2,1-2H3. The number of nitrogens with two attached hydrogens (primary N) is 1. The Morgan fingerprint density at radius 1 is 1.50 bits per heavy atom. The Balaban J connectivity index is 1.90. The molecule has 0 fully saturated rings. The van der Waals surface area contributed by atoms with Crippen LogP contribution in [0.4, 0.5) is 0 Å². The lowest BCUT2D eigenvalue weighted by atomic mass is 10.0. The molecule has 0 amide bonds. The summed E-state index contributed by atoms with van der Waals surface area (Å²) in [6, 6.07) is 8.05. The average molecular weight is 310 g/mol. The van der Waals surface area contributed by atoms with Crippen LogP contribution in [-0.4, -0.2) is 28.9 Å². The van der Waals surface area contributed by atoms with Crippen LogP contribution >= 0.6 is 23.1 Å². The van der Waals surface area contributed by atoms with E-state index in [4.69, 9.17) is 10.5 Å². The molecule has 0 aliphatic heterocycles. The fraction of sp³-hybridized carbons (Fsp3) is 0.429. The van der Waals surface area contributed by atoms with Crippen molar-refractivity contribution in [3.8, 4) is 0 Å². The fourth-order valence-electron chi connectivity index (χ4n) is 1.66. The molecule has 2 rings (SSSR count). The summed E-state index contributed by atoms with van der Waals surface area (Å²) < 4.78 is 7.15. The molecule has 6 heteroatoms. The SMILES string of the molecule is CCOC(=O)C(C)(N)CCSc1nc2ccccc2s1. The van der Waals surface area contributed by atoms with E-state index >= 15 is 0 Å². The minimum absolute atomic E-state index is 0.343. The van der Waals surface area contributed by atoms with Crippen LogP contribution in [0.5, 0.6) is 0 Å². The molecule has 2 N–H and O–H groups in total. The van der Waals surface area contributed by atoms with Crippen LogP contribution < -0.4 is 5.73 Å². The van der Waals surface area contributed by atoms with Gasteiger partial charge in [-0.25, -0.2) is 4.98 Å². The van der Waals surface area contributed by atoms with Crippen molar-refractivity contribution in [1.82, 2.24) is 4.98 Å². The number of hydrogen-bond donors (Lipinski definition) is 1. The molecule has 1 heterocycles. The summed E-state index contributed by atoms with van der Waals surface area (Å²) in [5.74, 6) is 0.399. The number of carbonyl (C=O) groups is 1. The van der Waals surface area contributed by atoms with Gasteiger partial charge in [0.15, 0.2) is 4.34 Å². The Kier molecular flexibility index (Phi) is 5.01. The summed E-state index contributed by atoms with van der Waals surface area (Å²) in [6.07, 6.45) is 0.562. The summed E-state index contributed by atoms with van der Waals surface area (Å²) in [7, 11) is 0. The number of hydrogen-bond acceptors (Lipinski definition) is 6. The fourth-order valence-corrected chi connectivity index (χ4v) is 3.98. The van der Waals surface area contributed by atoms with Crippen LogP contribution in [0.3, 0.4) is 0 Å². The number of aromatic nitrogens is 1. The predicted octanol–water partition coefficient (Wildman–Crippen LogP) is 3.06. The van der Waals surface area contributed by atoms with Crippen molar-refractivity contribution >= 4 is 39.3 Å². The van der Waals surface area contributed by atoms with Gasteiger partial charge in [-0.3, -0.25) is 4.79 Å². The van der Waals surface area contributed by atoms with E-state index in [0.29, 0.717) is 13.0 Å². The zero-order valence-electron chi connectivity index (χ0n) is 11.6. The zero-order valence-corrected chi connectivity index (χ0v) is 13.2. The Bertz CT molecular complexity index is 563. The van der Waals surface area contributed by atoms with Gasteiger partial charge in [-0.15, -0.1) is 11.3 Å². The maximum Gasteiger partial charge on any atom is 0.325 e. The highest BCUT2D eigenvalue weighted by Gasteiger charge is 2.29. The van der Waals surface area contributed by atoms with E-state index in [1.807, 2.05) is 18.2 Å². The van der Waals surface area contributed by atoms with Crippen LogP contribution in [0, 0.1) is 0 Å². The lowest BCUT2D eigenvalue weighted by molar-refractivity contribution is -0.149. The van der Waals surface area contributed by atoms with Gasteiger partial charge >= 0.3 is 5.97 Å². The third kappa shape index (κ3) is 3.71. The summed E-state index contributed by atoms with van der Waals surface area (Å²) >= 11 is 3.29. The molecule has 2 aromatic rings. The van der Waals surface area contributed by atoms with Gasteiger partial charge in [-0.2, -0.15) is 0 Å². The van der Waals surface area contributed by atoms with Crippen LogP contribution in [-0.2, 0) is 9.53 Å². The minimum Gasteiger partial charge on any atom is -0.465 e. The molecule has 20 heavy (non-hydrogen) atoms. The molecule has 1 unspecified atom stereocenters. The third-order valence-corrected chi connectivity index (χ3v) is 5.04. The smallest absolute Gasteiger partial charge is 0.325 e. The quantitative estimate of drug-likeness (QED) is 0.656. The van der Waals surface area contributed by atoms with Crippen molar-refractivity contribution < 1.29 is 9.53 Å². The first-order valence-corrected chi connectivity index (χ1v) is 8.27. The van der Waals surface area contributed by atoms with E-state index in [2.05, 4.69) is 11.1 Å². The highest BCUT2D eigenvalue weighted by molar-refractivity contribution is 8.01. The first-order chi connectivity index (χ1) is 9.53. The molecule has 0 radical (unpaired) electrons. The molecule has 0 aliphatic rings. The van der Waals surface area contributed by atoms with E-state index < -0.39 is 5.54 Å². The van der Waals surface area contributed by atoms with Gasteiger partial charge in [-0.1, -0.05) is 23.9 Å².